The molecule has 4 aliphatic rings. The summed E-state index contributed by atoms with van der Waals surface area (Å²) in [5, 5.41) is 3.68. The van der Waals surface area contributed by atoms with E-state index in [-0.39, 0.29) is 12.1 Å². The molecule has 4 rings (SSSR count). The van der Waals surface area contributed by atoms with Gasteiger partial charge in [-0.25, -0.2) is 0 Å². The maximum atomic E-state index is 14.0. The molecule has 4 saturated heterocycles. The molecule has 7 heteroatoms. The van der Waals surface area contributed by atoms with Gasteiger partial charge in [-0.05, 0) is 57.5 Å². The number of nitrogens with zero attached hydrogens (tertiary/aromatic N) is 3. The normalized spacial score (nSPS) is 34.3. The predicted octanol–water partition coefficient (Wildman–Crippen LogP) is 3.19. The second-order valence-electron chi connectivity index (χ2n) is 12.7. The second kappa shape index (κ2) is 12.2. The van der Waals surface area contributed by atoms with Crippen LogP contribution in [0, 0.1) is 17.8 Å². The molecule has 0 saturated carbocycles. The first kappa shape index (κ1) is 27.3. The molecule has 0 aromatic carbocycles. The van der Waals surface area contributed by atoms with E-state index in [2.05, 4.69) is 54.6 Å². The van der Waals surface area contributed by atoms with Crippen molar-refractivity contribution in [2.75, 3.05) is 59.0 Å². The fourth-order valence-corrected chi connectivity index (χ4v) is 6.73. The minimum Gasteiger partial charge on any atom is -0.349 e. The molecule has 0 aliphatic carbocycles. The molecule has 0 radical (unpaired) electrons. The van der Waals surface area contributed by atoms with Gasteiger partial charge in [-0.15, -0.1) is 0 Å². The molecule has 4 heterocycles. The smallest absolute Gasteiger partial charge is 0.240 e. The standard InChI is InChI=1S/C28H52N4O3/c1-21(2)14-25-18-31(13-9-29-25)26(15-22(3)4)27(33)32-12-8-28(16-23(32)5)34-19-24(20-35-28)17-30-10-6-7-11-30/h21-26,29H,6-20H2,1-5H3/t23-,24?,25-,26-,28?/m0/s1. The van der Waals surface area contributed by atoms with Crippen LogP contribution in [0.5, 0.6) is 0 Å². The number of likely N-dealkylation sites (tertiary alicyclic amines) is 2. The van der Waals surface area contributed by atoms with Gasteiger partial charge in [0.25, 0.3) is 0 Å². The van der Waals surface area contributed by atoms with Crippen LogP contribution < -0.4 is 5.32 Å². The number of carbonyl (C=O) groups is 1. The topological polar surface area (TPSA) is 57.3 Å². The largest absolute Gasteiger partial charge is 0.349 e. The Morgan fingerprint density at radius 2 is 1.74 bits per heavy atom. The van der Waals surface area contributed by atoms with Gasteiger partial charge in [-0.2, -0.15) is 0 Å². The summed E-state index contributed by atoms with van der Waals surface area (Å²) in [4.78, 5) is 21.1. The molecule has 4 aliphatic heterocycles. The van der Waals surface area contributed by atoms with E-state index in [9.17, 15) is 4.79 Å². The van der Waals surface area contributed by atoms with Gasteiger partial charge < -0.3 is 24.6 Å². The maximum Gasteiger partial charge on any atom is 0.240 e. The summed E-state index contributed by atoms with van der Waals surface area (Å²) < 4.78 is 12.8. The first-order chi connectivity index (χ1) is 16.7. The van der Waals surface area contributed by atoms with E-state index < -0.39 is 5.79 Å². The van der Waals surface area contributed by atoms with Crippen LogP contribution >= 0.6 is 0 Å². The van der Waals surface area contributed by atoms with E-state index in [4.69, 9.17) is 9.47 Å². The molecule has 7 nitrogen and oxygen atoms in total. The van der Waals surface area contributed by atoms with Crippen molar-refractivity contribution < 1.29 is 14.3 Å². The van der Waals surface area contributed by atoms with Crippen LogP contribution in [0.2, 0.25) is 0 Å². The van der Waals surface area contributed by atoms with Crippen molar-refractivity contribution in [2.45, 2.75) is 97.1 Å². The predicted molar refractivity (Wildman–Crippen MR) is 140 cm³/mol. The molecule has 0 aromatic rings. The fraction of sp³-hybridized carbons (Fsp3) is 0.964. The van der Waals surface area contributed by atoms with Crippen LogP contribution in [0.3, 0.4) is 0 Å². The molecular weight excluding hydrogens is 440 g/mol. The van der Waals surface area contributed by atoms with E-state index in [0.29, 0.717) is 29.7 Å². The van der Waals surface area contributed by atoms with E-state index in [1.165, 1.54) is 25.9 Å². The van der Waals surface area contributed by atoms with Crippen molar-refractivity contribution in [3.63, 3.8) is 0 Å². The average molecular weight is 493 g/mol. The van der Waals surface area contributed by atoms with Crippen LogP contribution in [0.4, 0.5) is 0 Å². The summed E-state index contributed by atoms with van der Waals surface area (Å²) in [5.41, 5.74) is 0. The van der Waals surface area contributed by atoms with Crippen molar-refractivity contribution in [3.05, 3.63) is 0 Å². The molecule has 0 unspecified atom stereocenters. The zero-order chi connectivity index (χ0) is 25.0. The quantitative estimate of drug-likeness (QED) is 0.562. The molecule has 4 fully saturated rings. The molecule has 1 spiro atoms. The molecule has 35 heavy (non-hydrogen) atoms. The number of amides is 1. The van der Waals surface area contributed by atoms with Gasteiger partial charge in [0.05, 0.1) is 19.3 Å². The Kier molecular flexibility index (Phi) is 9.53. The highest BCUT2D eigenvalue weighted by molar-refractivity contribution is 5.82. The molecule has 1 N–H and O–H groups in total. The third-order valence-corrected chi connectivity index (χ3v) is 8.50. The Morgan fingerprint density at radius 1 is 1.03 bits per heavy atom. The minimum absolute atomic E-state index is 0.0266. The highest BCUT2D eigenvalue weighted by atomic mass is 16.7. The van der Waals surface area contributed by atoms with Crippen molar-refractivity contribution in [3.8, 4) is 0 Å². The van der Waals surface area contributed by atoms with Crippen LogP contribution in [0.1, 0.15) is 73.1 Å². The number of piperazine rings is 1. The molecule has 202 valence electrons. The summed E-state index contributed by atoms with van der Waals surface area (Å²) in [5.74, 6) is 1.44. The van der Waals surface area contributed by atoms with Gasteiger partial charge in [0, 0.05) is 63.6 Å². The SMILES string of the molecule is CC(C)C[C@H]1CN([C@@H](CC(C)C)C(=O)N2CCC3(C[C@@H]2C)OCC(CN2CCCC2)CO3)CCN1. The lowest BCUT2D eigenvalue weighted by atomic mass is 9.92. The van der Waals surface area contributed by atoms with Crippen LogP contribution in [-0.4, -0.2) is 104 Å². The monoisotopic (exact) mass is 492 g/mol. The van der Waals surface area contributed by atoms with Crippen LogP contribution in [-0.2, 0) is 14.3 Å². The van der Waals surface area contributed by atoms with Crippen molar-refractivity contribution >= 4 is 5.91 Å². The fourth-order valence-electron chi connectivity index (χ4n) is 6.73. The minimum atomic E-state index is -0.497. The second-order valence-corrected chi connectivity index (χ2v) is 12.7. The Hall–Kier alpha value is -0.730. The third kappa shape index (κ3) is 7.19. The van der Waals surface area contributed by atoms with Crippen LogP contribution in [0.15, 0.2) is 0 Å². The molecule has 0 aromatic heterocycles. The van der Waals surface area contributed by atoms with E-state index in [0.717, 1.165) is 71.6 Å². The molecular formula is C28H52N4O3. The number of hydrogen-bond donors (Lipinski definition) is 1. The maximum absolute atomic E-state index is 14.0. The molecule has 1 amide bonds. The summed E-state index contributed by atoms with van der Waals surface area (Å²) in [7, 11) is 0. The lowest BCUT2D eigenvalue weighted by molar-refractivity contribution is -0.303. The van der Waals surface area contributed by atoms with Crippen LogP contribution in [0.25, 0.3) is 0 Å². The number of piperidine rings is 1. The Balaban J connectivity index is 1.33. The number of hydrogen-bond acceptors (Lipinski definition) is 6. The number of nitrogens with one attached hydrogen (secondary N) is 1. The lowest BCUT2D eigenvalue weighted by Gasteiger charge is -2.49. The number of rotatable bonds is 8. The zero-order valence-electron chi connectivity index (χ0n) is 23.1. The zero-order valence-corrected chi connectivity index (χ0v) is 23.1. The Morgan fingerprint density at radius 3 is 2.37 bits per heavy atom. The summed E-state index contributed by atoms with van der Waals surface area (Å²) in [6.45, 7) is 20.0. The van der Waals surface area contributed by atoms with E-state index in [1.807, 2.05) is 0 Å². The number of carbonyl (C=O) groups excluding carboxylic acids is 1. The highest BCUT2D eigenvalue weighted by Crippen LogP contribution is 2.36. The summed E-state index contributed by atoms with van der Waals surface area (Å²) >= 11 is 0. The summed E-state index contributed by atoms with van der Waals surface area (Å²) in [6, 6.07) is 0.586. The van der Waals surface area contributed by atoms with E-state index in [1.54, 1.807) is 0 Å². The Labute approximate surface area is 214 Å². The molecule has 3 atom stereocenters. The van der Waals surface area contributed by atoms with Gasteiger partial charge >= 0.3 is 0 Å². The summed E-state index contributed by atoms with van der Waals surface area (Å²) in [6.07, 6.45) is 6.29. The van der Waals surface area contributed by atoms with Gasteiger partial charge in [0.15, 0.2) is 5.79 Å². The van der Waals surface area contributed by atoms with Gasteiger partial charge in [-0.3, -0.25) is 9.69 Å². The number of ether oxygens (including phenoxy) is 2. The van der Waals surface area contributed by atoms with E-state index >= 15 is 0 Å². The van der Waals surface area contributed by atoms with Gasteiger partial charge in [-0.1, -0.05) is 27.7 Å². The average Bonchev–Trinajstić information content (AvgIpc) is 3.32. The Bertz CT molecular complexity index is 673. The van der Waals surface area contributed by atoms with Gasteiger partial charge in [0.1, 0.15) is 0 Å². The van der Waals surface area contributed by atoms with Gasteiger partial charge in [0.2, 0.25) is 5.91 Å². The highest BCUT2D eigenvalue weighted by Gasteiger charge is 2.46. The first-order valence-electron chi connectivity index (χ1n) is 14.5. The van der Waals surface area contributed by atoms with Crippen molar-refractivity contribution in [2.24, 2.45) is 17.8 Å². The molecule has 0 bridgehead atoms. The third-order valence-electron chi connectivity index (χ3n) is 8.50. The first-order valence-corrected chi connectivity index (χ1v) is 14.5. The van der Waals surface area contributed by atoms with Crippen molar-refractivity contribution in [1.29, 1.82) is 0 Å². The van der Waals surface area contributed by atoms with Crippen molar-refractivity contribution in [1.82, 2.24) is 20.0 Å². The lowest BCUT2D eigenvalue weighted by Crippen LogP contribution is -2.62.